The topological polar surface area (TPSA) is 21.3 Å². The number of ether oxygens (including phenoxy) is 1. The molecule has 0 bridgehead atoms. The van der Waals surface area contributed by atoms with Gasteiger partial charge in [-0.2, -0.15) is 0 Å². The van der Waals surface area contributed by atoms with E-state index in [1.807, 2.05) is 0 Å². The second kappa shape index (κ2) is 5.90. The third kappa shape index (κ3) is 4.11. The Bertz CT molecular complexity index is 244. The van der Waals surface area contributed by atoms with Gasteiger partial charge in [0.25, 0.3) is 0 Å². The highest BCUT2D eigenvalue weighted by Gasteiger charge is 2.31. The molecule has 1 N–H and O–H groups in total. The van der Waals surface area contributed by atoms with Gasteiger partial charge in [-0.3, -0.25) is 0 Å². The number of nitrogens with one attached hydrogen (secondary N) is 1. The van der Waals surface area contributed by atoms with Crippen molar-refractivity contribution in [3.63, 3.8) is 0 Å². The molecule has 1 aliphatic heterocycles. The highest BCUT2D eigenvalue weighted by atomic mass is 35.5. The summed E-state index contributed by atoms with van der Waals surface area (Å²) in [5.74, 6) is 0.667. The summed E-state index contributed by atoms with van der Waals surface area (Å²) in [5.41, 5.74) is 0.0895. The Hall–Kier alpha value is 0.210. The van der Waals surface area contributed by atoms with Crippen LogP contribution in [-0.2, 0) is 4.74 Å². The maximum atomic E-state index is 6.35. The van der Waals surface area contributed by atoms with Crippen LogP contribution in [0.25, 0.3) is 0 Å². The van der Waals surface area contributed by atoms with Gasteiger partial charge in [-0.05, 0) is 52.0 Å². The Morgan fingerprint density at radius 1 is 1.18 bits per heavy atom. The van der Waals surface area contributed by atoms with Crippen LogP contribution in [-0.4, -0.2) is 30.2 Å². The quantitative estimate of drug-likeness (QED) is 0.782. The lowest BCUT2D eigenvalue weighted by Crippen LogP contribution is -2.36. The number of halogens is 1. The van der Waals surface area contributed by atoms with Crippen molar-refractivity contribution in [2.24, 2.45) is 5.92 Å². The van der Waals surface area contributed by atoms with Crippen molar-refractivity contribution < 1.29 is 4.74 Å². The third-order valence-electron chi connectivity index (χ3n) is 4.15. The smallest absolute Gasteiger partial charge is 0.0707 e. The maximum absolute atomic E-state index is 6.35. The minimum atomic E-state index is 0.0895. The van der Waals surface area contributed by atoms with Crippen molar-refractivity contribution in [2.75, 3.05) is 13.1 Å². The van der Waals surface area contributed by atoms with Crippen LogP contribution < -0.4 is 5.32 Å². The fourth-order valence-corrected chi connectivity index (χ4v) is 3.41. The van der Waals surface area contributed by atoms with E-state index in [0.717, 1.165) is 13.1 Å². The van der Waals surface area contributed by atoms with Crippen LogP contribution in [0.5, 0.6) is 0 Å². The molecule has 1 saturated heterocycles. The van der Waals surface area contributed by atoms with Crippen LogP contribution in [0.15, 0.2) is 0 Å². The lowest BCUT2D eigenvalue weighted by atomic mass is 9.89. The average Bonchev–Trinajstić information content (AvgIpc) is 2.61. The van der Waals surface area contributed by atoms with E-state index in [1.54, 1.807) is 0 Å². The standard InChI is InChI=1S/C14H26ClNO/c1-14(2)8-7-12(17-14)10-16-9-11-5-3-4-6-13(11)15/h11-13,16H,3-10H2,1-2H3. The summed E-state index contributed by atoms with van der Waals surface area (Å²) in [7, 11) is 0. The molecule has 0 aromatic carbocycles. The van der Waals surface area contributed by atoms with E-state index >= 15 is 0 Å². The van der Waals surface area contributed by atoms with Gasteiger partial charge in [-0.25, -0.2) is 0 Å². The van der Waals surface area contributed by atoms with Gasteiger partial charge in [0, 0.05) is 11.9 Å². The lowest BCUT2D eigenvalue weighted by Gasteiger charge is -2.28. The van der Waals surface area contributed by atoms with Crippen molar-refractivity contribution in [1.29, 1.82) is 0 Å². The van der Waals surface area contributed by atoms with Crippen LogP contribution >= 0.6 is 11.6 Å². The van der Waals surface area contributed by atoms with Crippen molar-refractivity contribution in [2.45, 2.75) is 69.5 Å². The molecule has 2 nitrogen and oxygen atoms in total. The number of rotatable bonds is 4. The monoisotopic (exact) mass is 259 g/mol. The van der Waals surface area contributed by atoms with Gasteiger partial charge in [0.1, 0.15) is 0 Å². The first-order valence-corrected chi connectivity index (χ1v) is 7.53. The van der Waals surface area contributed by atoms with Gasteiger partial charge in [-0.15, -0.1) is 11.6 Å². The van der Waals surface area contributed by atoms with Crippen molar-refractivity contribution in [3.05, 3.63) is 0 Å². The number of alkyl halides is 1. The number of hydrogen-bond donors (Lipinski definition) is 1. The molecule has 3 heteroatoms. The molecule has 2 rings (SSSR count). The van der Waals surface area contributed by atoms with Gasteiger partial charge in [0.2, 0.25) is 0 Å². The Morgan fingerprint density at radius 3 is 2.59 bits per heavy atom. The van der Waals surface area contributed by atoms with Crippen LogP contribution in [0, 0.1) is 5.92 Å². The first-order valence-electron chi connectivity index (χ1n) is 7.09. The van der Waals surface area contributed by atoms with E-state index in [4.69, 9.17) is 16.3 Å². The molecule has 1 aliphatic carbocycles. The molecule has 3 atom stereocenters. The van der Waals surface area contributed by atoms with E-state index in [2.05, 4.69) is 19.2 Å². The van der Waals surface area contributed by atoms with Gasteiger partial charge >= 0.3 is 0 Å². The average molecular weight is 260 g/mol. The molecular formula is C14H26ClNO. The third-order valence-corrected chi connectivity index (χ3v) is 4.72. The fourth-order valence-electron chi connectivity index (χ4n) is 3.04. The number of hydrogen-bond acceptors (Lipinski definition) is 2. The predicted molar refractivity (Wildman–Crippen MR) is 72.7 cm³/mol. The Labute approximate surface area is 110 Å². The Morgan fingerprint density at radius 2 is 1.94 bits per heavy atom. The Balaban J connectivity index is 1.63. The highest BCUT2D eigenvalue weighted by Crippen LogP contribution is 2.30. The zero-order valence-electron chi connectivity index (χ0n) is 11.2. The largest absolute Gasteiger partial charge is 0.371 e. The van der Waals surface area contributed by atoms with Crippen molar-refractivity contribution in [3.8, 4) is 0 Å². The molecule has 0 aromatic rings. The van der Waals surface area contributed by atoms with Gasteiger partial charge in [0.05, 0.1) is 11.7 Å². The molecule has 100 valence electrons. The molecule has 2 aliphatic rings. The minimum absolute atomic E-state index is 0.0895. The fraction of sp³-hybridized carbons (Fsp3) is 1.00. The summed E-state index contributed by atoms with van der Waals surface area (Å²) in [4.78, 5) is 0. The van der Waals surface area contributed by atoms with Crippen molar-refractivity contribution >= 4 is 11.6 Å². The summed E-state index contributed by atoms with van der Waals surface area (Å²) in [6, 6.07) is 0. The van der Waals surface area contributed by atoms with E-state index in [0.29, 0.717) is 17.4 Å². The summed E-state index contributed by atoms with van der Waals surface area (Å²) in [5, 5.41) is 3.94. The molecular weight excluding hydrogens is 234 g/mol. The van der Waals surface area contributed by atoms with Gasteiger partial charge in [-0.1, -0.05) is 12.8 Å². The Kier molecular flexibility index (Phi) is 4.73. The minimum Gasteiger partial charge on any atom is -0.371 e. The normalized spacial score (nSPS) is 37.2. The second-order valence-corrected chi connectivity index (χ2v) is 6.82. The molecule has 2 fully saturated rings. The highest BCUT2D eigenvalue weighted by molar-refractivity contribution is 6.20. The summed E-state index contributed by atoms with van der Waals surface area (Å²) in [6.45, 7) is 6.42. The molecule has 1 heterocycles. The van der Waals surface area contributed by atoms with E-state index in [-0.39, 0.29) is 5.60 Å². The molecule has 0 aromatic heterocycles. The molecule has 17 heavy (non-hydrogen) atoms. The molecule has 0 radical (unpaired) electrons. The van der Waals surface area contributed by atoms with Gasteiger partial charge in [0.15, 0.2) is 0 Å². The zero-order chi connectivity index (χ0) is 12.3. The summed E-state index contributed by atoms with van der Waals surface area (Å²) < 4.78 is 5.97. The van der Waals surface area contributed by atoms with Crippen LogP contribution in [0.2, 0.25) is 0 Å². The molecule has 0 spiro atoms. The maximum Gasteiger partial charge on any atom is 0.0707 e. The lowest BCUT2D eigenvalue weighted by molar-refractivity contribution is -0.0145. The molecule has 0 amide bonds. The summed E-state index contributed by atoms with van der Waals surface area (Å²) >= 11 is 6.35. The van der Waals surface area contributed by atoms with Crippen LogP contribution in [0.4, 0.5) is 0 Å². The summed E-state index contributed by atoms with van der Waals surface area (Å²) in [6.07, 6.45) is 7.92. The predicted octanol–water partition coefficient (Wildman–Crippen LogP) is 3.33. The van der Waals surface area contributed by atoms with E-state index < -0.39 is 0 Å². The van der Waals surface area contributed by atoms with Gasteiger partial charge < -0.3 is 10.1 Å². The van der Waals surface area contributed by atoms with E-state index in [1.165, 1.54) is 38.5 Å². The zero-order valence-corrected chi connectivity index (χ0v) is 11.9. The second-order valence-electron chi connectivity index (χ2n) is 6.26. The van der Waals surface area contributed by atoms with Crippen molar-refractivity contribution in [1.82, 2.24) is 5.32 Å². The van der Waals surface area contributed by atoms with Crippen LogP contribution in [0.3, 0.4) is 0 Å². The SMILES string of the molecule is CC1(C)CCC(CNCC2CCCCC2Cl)O1. The van der Waals surface area contributed by atoms with E-state index in [9.17, 15) is 0 Å². The van der Waals surface area contributed by atoms with Crippen LogP contribution in [0.1, 0.15) is 52.4 Å². The molecule has 1 saturated carbocycles. The first kappa shape index (κ1) is 13.6. The first-order chi connectivity index (χ1) is 8.07. The molecule has 3 unspecified atom stereocenters.